The van der Waals surface area contributed by atoms with Gasteiger partial charge in [0.25, 0.3) is 0 Å². The number of nitroso groups, excluding NO2 is 1. The Bertz CT molecular complexity index is 597. The molecule has 0 aliphatic carbocycles. The standard InChI is InChI=1S/C11H7NO4.Na/c13-10-7-4-2-1-3-6(7)8(11(14)15)5-9(10)12-16;/h1-5,13H,(H,14,15);/q;+1/p-1. The summed E-state index contributed by atoms with van der Waals surface area (Å²) in [5, 5.41) is 23.7. The molecule has 17 heavy (non-hydrogen) atoms. The van der Waals surface area contributed by atoms with Crippen LogP contribution in [0.3, 0.4) is 0 Å². The van der Waals surface area contributed by atoms with E-state index in [1.54, 1.807) is 12.1 Å². The predicted octanol–water partition coefficient (Wildman–Crippen LogP) is -1.69. The summed E-state index contributed by atoms with van der Waals surface area (Å²) < 4.78 is 0. The van der Waals surface area contributed by atoms with Gasteiger partial charge in [0, 0.05) is 10.9 Å². The van der Waals surface area contributed by atoms with Gasteiger partial charge in [-0.05, 0) is 16.6 Å². The normalized spacial score (nSPS) is 9.65. The topological polar surface area (TPSA) is 89.8 Å². The maximum atomic E-state index is 10.9. The number of carbonyl (C=O) groups excluding carboxylic acids is 1. The van der Waals surface area contributed by atoms with Gasteiger partial charge in [-0.25, -0.2) is 0 Å². The third-order valence-corrected chi connectivity index (χ3v) is 2.31. The van der Waals surface area contributed by atoms with Crippen molar-refractivity contribution in [2.75, 3.05) is 0 Å². The Labute approximate surface area is 118 Å². The first-order valence-corrected chi connectivity index (χ1v) is 4.44. The second-order valence-corrected chi connectivity index (χ2v) is 3.22. The first-order chi connectivity index (χ1) is 7.65. The molecule has 0 saturated heterocycles. The Morgan fingerprint density at radius 2 is 1.82 bits per heavy atom. The zero-order valence-corrected chi connectivity index (χ0v) is 11.0. The van der Waals surface area contributed by atoms with E-state index in [0.717, 1.165) is 6.07 Å². The van der Waals surface area contributed by atoms with Crippen LogP contribution in [0.15, 0.2) is 35.5 Å². The molecule has 2 aromatic rings. The van der Waals surface area contributed by atoms with Crippen LogP contribution in [0.25, 0.3) is 10.8 Å². The van der Waals surface area contributed by atoms with Gasteiger partial charge in [-0.1, -0.05) is 24.3 Å². The number of hydrogen-bond acceptors (Lipinski definition) is 5. The number of hydrogen-bond donors (Lipinski definition) is 1. The van der Waals surface area contributed by atoms with Crippen molar-refractivity contribution in [2.45, 2.75) is 0 Å². The van der Waals surface area contributed by atoms with E-state index in [1.165, 1.54) is 12.1 Å². The van der Waals surface area contributed by atoms with Crippen molar-refractivity contribution in [2.24, 2.45) is 5.18 Å². The van der Waals surface area contributed by atoms with Crippen LogP contribution >= 0.6 is 0 Å². The van der Waals surface area contributed by atoms with E-state index in [4.69, 9.17) is 0 Å². The third-order valence-electron chi connectivity index (χ3n) is 2.31. The summed E-state index contributed by atoms with van der Waals surface area (Å²) in [4.78, 5) is 21.3. The average Bonchev–Trinajstić information content (AvgIpc) is 2.29. The van der Waals surface area contributed by atoms with E-state index in [1.807, 2.05) is 0 Å². The Balaban J connectivity index is 0.00000144. The van der Waals surface area contributed by atoms with E-state index in [0.29, 0.717) is 5.39 Å². The van der Waals surface area contributed by atoms with Crippen molar-refractivity contribution in [3.8, 4) is 5.75 Å². The smallest absolute Gasteiger partial charge is 0.545 e. The SMILES string of the molecule is O=Nc1cc(C(=O)[O-])c2ccccc2c1O.[Na+]. The van der Waals surface area contributed by atoms with E-state index < -0.39 is 5.97 Å². The number of carboxylic acid groups (broad SMARTS) is 1. The zero-order chi connectivity index (χ0) is 11.7. The van der Waals surface area contributed by atoms with E-state index >= 15 is 0 Å². The second-order valence-electron chi connectivity index (χ2n) is 3.22. The Kier molecular flexibility index (Phi) is 4.22. The molecule has 2 aromatic carbocycles. The second kappa shape index (κ2) is 5.27. The minimum atomic E-state index is -1.42. The molecule has 0 aliphatic rings. The molecule has 5 nitrogen and oxygen atoms in total. The third kappa shape index (κ3) is 2.31. The molecule has 0 spiro atoms. The number of nitrogens with zero attached hydrogens (tertiary/aromatic N) is 1. The van der Waals surface area contributed by atoms with E-state index in [-0.39, 0.29) is 51.9 Å². The number of benzene rings is 2. The Morgan fingerprint density at radius 1 is 1.24 bits per heavy atom. The summed E-state index contributed by atoms with van der Waals surface area (Å²) in [5.41, 5.74) is -0.471. The van der Waals surface area contributed by atoms with Gasteiger partial charge in [0.2, 0.25) is 0 Å². The zero-order valence-electron chi connectivity index (χ0n) is 9.01. The largest absolute Gasteiger partial charge is 1.00 e. The monoisotopic (exact) mass is 239 g/mol. The van der Waals surface area contributed by atoms with Crippen molar-refractivity contribution < 1.29 is 44.6 Å². The molecule has 0 aliphatic heterocycles. The Hall–Kier alpha value is -1.43. The molecule has 6 heteroatoms. The molecule has 0 aromatic heterocycles. The van der Waals surface area contributed by atoms with E-state index in [9.17, 15) is 19.9 Å². The fraction of sp³-hybridized carbons (Fsp3) is 0. The van der Waals surface area contributed by atoms with Crippen molar-refractivity contribution in [3.63, 3.8) is 0 Å². The van der Waals surface area contributed by atoms with Gasteiger partial charge in [-0.15, -0.1) is 4.91 Å². The van der Waals surface area contributed by atoms with Crippen molar-refractivity contribution in [1.82, 2.24) is 0 Å². The maximum Gasteiger partial charge on any atom is 1.00 e. The van der Waals surface area contributed by atoms with Gasteiger partial charge in [-0.3, -0.25) is 0 Å². The summed E-state index contributed by atoms with van der Waals surface area (Å²) in [7, 11) is 0. The first-order valence-electron chi connectivity index (χ1n) is 4.44. The summed E-state index contributed by atoms with van der Waals surface area (Å²) in [6.07, 6.45) is 0. The molecule has 0 fully saturated rings. The molecule has 1 N–H and O–H groups in total. The number of carbonyl (C=O) groups is 1. The summed E-state index contributed by atoms with van der Waals surface area (Å²) in [6.45, 7) is 0. The van der Waals surface area contributed by atoms with Crippen molar-refractivity contribution in [1.29, 1.82) is 0 Å². The number of aromatic hydroxyl groups is 1. The van der Waals surface area contributed by atoms with Crippen molar-refractivity contribution in [3.05, 3.63) is 40.8 Å². The van der Waals surface area contributed by atoms with Gasteiger partial charge in [0.1, 0.15) is 0 Å². The van der Waals surface area contributed by atoms with Gasteiger partial charge in [0.05, 0.1) is 5.97 Å². The van der Waals surface area contributed by atoms with Gasteiger partial charge in [-0.2, -0.15) is 0 Å². The number of aromatic carboxylic acids is 1. The molecule has 0 saturated carbocycles. The molecule has 0 atom stereocenters. The van der Waals surface area contributed by atoms with Gasteiger partial charge < -0.3 is 15.0 Å². The van der Waals surface area contributed by atoms with Gasteiger partial charge >= 0.3 is 29.6 Å². The molecule has 0 heterocycles. The number of phenols is 1. The number of carboxylic acids is 1. The van der Waals surface area contributed by atoms with Crippen LogP contribution in [0, 0.1) is 4.91 Å². The van der Waals surface area contributed by atoms with Crippen LogP contribution < -0.4 is 34.7 Å². The number of rotatable bonds is 2. The maximum absolute atomic E-state index is 10.9. The van der Waals surface area contributed by atoms with E-state index in [2.05, 4.69) is 5.18 Å². The fourth-order valence-electron chi connectivity index (χ4n) is 1.58. The summed E-state index contributed by atoms with van der Waals surface area (Å²) in [6, 6.07) is 7.28. The molecular formula is C11H6NNaO4. The summed E-state index contributed by atoms with van der Waals surface area (Å²) in [5.74, 6) is -1.74. The molecule has 0 unspecified atom stereocenters. The average molecular weight is 239 g/mol. The van der Waals surface area contributed by atoms with Crippen LogP contribution in [0.5, 0.6) is 5.75 Å². The summed E-state index contributed by atoms with van der Waals surface area (Å²) >= 11 is 0. The molecule has 0 bridgehead atoms. The molecule has 0 amide bonds. The van der Waals surface area contributed by atoms with Crippen LogP contribution in [0.1, 0.15) is 10.4 Å². The quantitative estimate of drug-likeness (QED) is 0.500. The van der Waals surface area contributed by atoms with Crippen LogP contribution in [0.2, 0.25) is 0 Å². The Morgan fingerprint density at radius 3 is 2.35 bits per heavy atom. The van der Waals surface area contributed by atoms with Crippen LogP contribution in [-0.2, 0) is 0 Å². The minimum absolute atomic E-state index is 0. The minimum Gasteiger partial charge on any atom is -0.545 e. The van der Waals surface area contributed by atoms with Crippen molar-refractivity contribution >= 4 is 22.4 Å². The number of fused-ring (bicyclic) bond motifs is 1. The fourth-order valence-corrected chi connectivity index (χ4v) is 1.58. The molecule has 0 radical (unpaired) electrons. The predicted molar refractivity (Wildman–Crippen MR) is 55.4 cm³/mol. The molecule has 2 rings (SSSR count). The molecule has 80 valence electrons. The van der Waals surface area contributed by atoms with Gasteiger partial charge in [0.15, 0.2) is 11.4 Å². The van der Waals surface area contributed by atoms with Crippen LogP contribution in [0.4, 0.5) is 5.69 Å². The molecular weight excluding hydrogens is 233 g/mol. The first kappa shape index (κ1) is 13.6. The number of phenolic OH excluding ortho intramolecular Hbond substituents is 1. The van der Waals surface area contributed by atoms with Crippen LogP contribution in [-0.4, -0.2) is 11.1 Å².